The van der Waals surface area contributed by atoms with E-state index in [1.165, 1.54) is 5.56 Å². The van der Waals surface area contributed by atoms with Gasteiger partial charge in [0.2, 0.25) is 0 Å². The van der Waals surface area contributed by atoms with Crippen LogP contribution in [0, 0.1) is 0 Å². The van der Waals surface area contributed by atoms with Gasteiger partial charge in [0.1, 0.15) is 0 Å². The molecule has 1 heterocycles. The van der Waals surface area contributed by atoms with Gasteiger partial charge in [0.25, 0.3) is 0 Å². The monoisotopic (exact) mass is 318 g/mol. The van der Waals surface area contributed by atoms with Gasteiger partial charge in [-0.15, -0.1) is 0 Å². The molecule has 1 aliphatic rings. The third-order valence-electron chi connectivity index (χ3n) is 4.71. The summed E-state index contributed by atoms with van der Waals surface area (Å²) in [6.45, 7) is 6.74. The molecule has 1 fully saturated rings. The Labute approximate surface area is 140 Å². The van der Waals surface area contributed by atoms with Crippen LogP contribution in [0.5, 0.6) is 0 Å². The van der Waals surface area contributed by atoms with Crippen LogP contribution in [0.25, 0.3) is 0 Å². The average molecular weight is 318 g/mol. The molecule has 2 rings (SSSR count). The minimum atomic E-state index is -0.0631. The smallest absolute Gasteiger partial charge is 0.314 e. The summed E-state index contributed by atoms with van der Waals surface area (Å²) in [5.41, 5.74) is 1.32. The van der Waals surface area contributed by atoms with E-state index in [0.29, 0.717) is 25.0 Å². The van der Waals surface area contributed by atoms with Crippen molar-refractivity contribution in [1.29, 1.82) is 0 Å². The summed E-state index contributed by atoms with van der Waals surface area (Å²) >= 11 is 0. The van der Waals surface area contributed by atoms with E-state index in [9.17, 15) is 4.79 Å². The van der Waals surface area contributed by atoms with Crippen LogP contribution in [-0.2, 0) is 0 Å². The molecule has 23 heavy (non-hydrogen) atoms. The van der Waals surface area contributed by atoms with Crippen LogP contribution in [-0.4, -0.2) is 68.7 Å². The number of benzene rings is 1. The number of carbonyl (C=O) groups excluding carboxylic acids is 1. The molecule has 0 aliphatic carbocycles. The fourth-order valence-electron chi connectivity index (χ4n) is 2.95. The molecule has 0 saturated carbocycles. The van der Waals surface area contributed by atoms with Crippen molar-refractivity contribution in [3.8, 4) is 0 Å². The lowest BCUT2D eigenvalue weighted by Crippen LogP contribution is -2.55. The zero-order chi connectivity index (χ0) is 16.7. The van der Waals surface area contributed by atoms with Gasteiger partial charge in [0.15, 0.2) is 0 Å². The lowest BCUT2D eigenvalue weighted by atomic mass is 9.98. The molecule has 0 aromatic heterocycles. The number of amides is 2. The Kier molecular flexibility index (Phi) is 6.86. The molecule has 0 unspecified atom stereocenters. The molecule has 1 aliphatic heterocycles. The molecular weight excluding hydrogens is 288 g/mol. The Morgan fingerprint density at radius 2 is 1.96 bits per heavy atom. The highest BCUT2D eigenvalue weighted by Crippen LogP contribution is 2.17. The molecule has 1 aromatic carbocycles. The number of urea groups is 1. The van der Waals surface area contributed by atoms with Gasteiger partial charge >= 0.3 is 6.03 Å². The molecule has 5 nitrogen and oxygen atoms in total. The third-order valence-corrected chi connectivity index (χ3v) is 4.71. The normalized spacial score (nSPS) is 20.9. The minimum absolute atomic E-state index is 0.0631. The maximum Gasteiger partial charge on any atom is 0.314 e. The van der Waals surface area contributed by atoms with Crippen molar-refractivity contribution in [2.75, 3.05) is 46.8 Å². The highest BCUT2D eigenvalue weighted by Gasteiger charge is 2.22. The average Bonchev–Trinajstić information content (AvgIpc) is 2.56. The van der Waals surface area contributed by atoms with Crippen molar-refractivity contribution in [1.82, 2.24) is 20.4 Å². The number of rotatable bonds is 6. The van der Waals surface area contributed by atoms with Gasteiger partial charge in [-0.1, -0.05) is 37.3 Å². The summed E-state index contributed by atoms with van der Waals surface area (Å²) in [5, 5.41) is 5.97. The number of nitrogens with one attached hydrogen (secondary N) is 2. The first kappa shape index (κ1) is 17.8. The Morgan fingerprint density at radius 1 is 1.22 bits per heavy atom. The van der Waals surface area contributed by atoms with Gasteiger partial charge in [-0.25, -0.2) is 4.79 Å². The molecule has 128 valence electrons. The van der Waals surface area contributed by atoms with E-state index in [1.807, 2.05) is 6.07 Å². The zero-order valence-electron chi connectivity index (χ0n) is 14.6. The topological polar surface area (TPSA) is 47.6 Å². The van der Waals surface area contributed by atoms with Crippen LogP contribution in [0.3, 0.4) is 0 Å². The van der Waals surface area contributed by atoms with Gasteiger partial charge < -0.3 is 15.5 Å². The van der Waals surface area contributed by atoms with Gasteiger partial charge in [-0.05, 0) is 32.0 Å². The summed E-state index contributed by atoms with van der Waals surface area (Å²) in [4.78, 5) is 16.6. The second kappa shape index (κ2) is 8.89. The number of nitrogens with zero attached hydrogens (tertiary/aromatic N) is 2. The summed E-state index contributed by atoms with van der Waals surface area (Å²) in [7, 11) is 4.25. The number of hydrogen-bond acceptors (Lipinski definition) is 3. The van der Waals surface area contributed by atoms with Crippen molar-refractivity contribution in [2.45, 2.75) is 25.3 Å². The molecule has 2 atom stereocenters. The fourth-order valence-corrected chi connectivity index (χ4v) is 2.95. The molecule has 0 bridgehead atoms. The summed E-state index contributed by atoms with van der Waals surface area (Å²) in [5.74, 6) is 0.453. The lowest BCUT2D eigenvalue weighted by Gasteiger charge is -2.37. The first-order valence-corrected chi connectivity index (χ1v) is 8.51. The Bertz CT molecular complexity index is 479. The van der Waals surface area contributed by atoms with Crippen molar-refractivity contribution in [2.24, 2.45) is 0 Å². The van der Waals surface area contributed by atoms with E-state index in [2.05, 4.69) is 65.7 Å². The molecule has 5 heteroatoms. The van der Waals surface area contributed by atoms with E-state index in [1.54, 1.807) is 0 Å². The van der Waals surface area contributed by atoms with E-state index in [0.717, 1.165) is 26.1 Å². The second-order valence-electron chi connectivity index (χ2n) is 6.63. The molecule has 2 N–H and O–H groups in total. The van der Waals surface area contributed by atoms with Crippen LogP contribution in [0.2, 0.25) is 0 Å². The predicted octanol–water partition coefficient (Wildman–Crippen LogP) is 1.73. The highest BCUT2D eigenvalue weighted by molar-refractivity contribution is 5.73. The van der Waals surface area contributed by atoms with E-state index in [4.69, 9.17) is 0 Å². The van der Waals surface area contributed by atoms with Crippen molar-refractivity contribution in [3.05, 3.63) is 35.9 Å². The van der Waals surface area contributed by atoms with Crippen molar-refractivity contribution < 1.29 is 4.79 Å². The summed E-state index contributed by atoms with van der Waals surface area (Å²) < 4.78 is 0. The van der Waals surface area contributed by atoms with Gasteiger partial charge in [0, 0.05) is 38.8 Å². The van der Waals surface area contributed by atoms with Crippen LogP contribution in [0.15, 0.2) is 30.3 Å². The van der Waals surface area contributed by atoms with Gasteiger partial charge in [0.05, 0.1) is 0 Å². The van der Waals surface area contributed by atoms with E-state index >= 15 is 0 Å². The second-order valence-corrected chi connectivity index (χ2v) is 6.63. The SMILES string of the molecule is C[C@@H](CCNC(=O)NC[C@H]1CN(C)CCN1C)c1ccccc1. The first-order valence-electron chi connectivity index (χ1n) is 8.51. The predicted molar refractivity (Wildman–Crippen MR) is 94.8 cm³/mol. The molecule has 1 aromatic rings. The molecular formula is C18H30N4O. The van der Waals surface area contributed by atoms with E-state index in [-0.39, 0.29) is 6.03 Å². The summed E-state index contributed by atoms with van der Waals surface area (Å²) in [6.07, 6.45) is 0.948. The third kappa shape index (κ3) is 5.84. The molecule has 0 spiro atoms. The van der Waals surface area contributed by atoms with E-state index < -0.39 is 0 Å². The number of piperazine rings is 1. The lowest BCUT2D eigenvalue weighted by molar-refractivity contribution is 0.114. The number of likely N-dealkylation sites (N-methyl/N-ethyl adjacent to an activating group) is 2. The number of hydrogen-bond donors (Lipinski definition) is 2. The van der Waals surface area contributed by atoms with Crippen LogP contribution in [0.1, 0.15) is 24.8 Å². The molecule has 2 amide bonds. The Hall–Kier alpha value is -1.59. The maximum absolute atomic E-state index is 11.9. The summed E-state index contributed by atoms with van der Waals surface area (Å²) in [6, 6.07) is 10.8. The number of carbonyl (C=O) groups is 1. The van der Waals surface area contributed by atoms with Crippen molar-refractivity contribution >= 4 is 6.03 Å². The van der Waals surface area contributed by atoms with Crippen LogP contribution < -0.4 is 10.6 Å². The highest BCUT2D eigenvalue weighted by atomic mass is 16.2. The Morgan fingerprint density at radius 3 is 2.70 bits per heavy atom. The van der Waals surface area contributed by atoms with Crippen LogP contribution >= 0.6 is 0 Å². The Balaban J connectivity index is 1.63. The quantitative estimate of drug-likeness (QED) is 0.840. The molecule has 1 saturated heterocycles. The van der Waals surface area contributed by atoms with Crippen molar-refractivity contribution in [3.63, 3.8) is 0 Å². The van der Waals surface area contributed by atoms with Crippen LogP contribution in [0.4, 0.5) is 4.79 Å². The molecule has 0 radical (unpaired) electrons. The minimum Gasteiger partial charge on any atom is -0.338 e. The first-order chi connectivity index (χ1) is 11.1. The standard InChI is InChI=1S/C18H30N4O/c1-15(16-7-5-4-6-8-16)9-10-19-18(23)20-13-17-14-21(2)11-12-22(17)3/h4-8,15,17H,9-14H2,1-3H3,(H2,19,20,23)/t15-,17-/m0/s1. The fraction of sp³-hybridized carbons (Fsp3) is 0.611. The largest absolute Gasteiger partial charge is 0.338 e. The van der Waals surface area contributed by atoms with Gasteiger partial charge in [-0.2, -0.15) is 0 Å². The zero-order valence-corrected chi connectivity index (χ0v) is 14.6. The van der Waals surface area contributed by atoms with Gasteiger partial charge in [-0.3, -0.25) is 4.90 Å². The maximum atomic E-state index is 11.9.